The van der Waals surface area contributed by atoms with Crippen molar-refractivity contribution < 1.29 is 0 Å². The molecule has 78 valence electrons. The summed E-state index contributed by atoms with van der Waals surface area (Å²) in [5.74, 6) is 0. The molecule has 1 aliphatic rings. The summed E-state index contributed by atoms with van der Waals surface area (Å²) in [4.78, 5) is 0. The van der Waals surface area contributed by atoms with Gasteiger partial charge in [-0.15, -0.1) is 5.10 Å². The summed E-state index contributed by atoms with van der Waals surface area (Å²) < 4.78 is 1.96. The summed E-state index contributed by atoms with van der Waals surface area (Å²) in [7, 11) is 2.01. The molecule has 0 saturated carbocycles. The standard InChI is InChI=1S/C11H19N3/c1-11(2)8-6-4-5-7-9-10(11)14(3)13-12-9/h4-8H2,1-3H3. The van der Waals surface area contributed by atoms with Gasteiger partial charge in [-0.25, -0.2) is 0 Å². The van der Waals surface area contributed by atoms with Crippen molar-refractivity contribution in [2.24, 2.45) is 7.05 Å². The summed E-state index contributed by atoms with van der Waals surface area (Å²) in [5.41, 5.74) is 2.81. The van der Waals surface area contributed by atoms with E-state index in [1.54, 1.807) is 0 Å². The molecular weight excluding hydrogens is 174 g/mol. The van der Waals surface area contributed by atoms with Crippen LogP contribution in [0.5, 0.6) is 0 Å². The molecule has 0 bridgehead atoms. The van der Waals surface area contributed by atoms with Gasteiger partial charge >= 0.3 is 0 Å². The maximum absolute atomic E-state index is 4.27. The summed E-state index contributed by atoms with van der Waals surface area (Å²) in [5, 5.41) is 8.41. The van der Waals surface area contributed by atoms with Crippen LogP contribution in [-0.2, 0) is 18.9 Å². The molecule has 0 radical (unpaired) electrons. The SMILES string of the molecule is Cn1nnc2c1C(C)(C)CCCCC2. The van der Waals surface area contributed by atoms with E-state index in [1.165, 1.54) is 37.1 Å². The zero-order chi connectivity index (χ0) is 10.2. The van der Waals surface area contributed by atoms with Gasteiger partial charge in [-0.3, -0.25) is 4.68 Å². The molecule has 0 unspecified atom stereocenters. The molecule has 1 aromatic heterocycles. The average Bonchev–Trinajstić information content (AvgIpc) is 2.44. The van der Waals surface area contributed by atoms with Gasteiger partial charge < -0.3 is 0 Å². The average molecular weight is 193 g/mol. The number of hydrogen-bond acceptors (Lipinski definition) is 2. The Bertz CT molecular complexity index is 325. The number of aryl methyl sites for hydroxylation is 2. The summed E-state index contributed by atoms with van der Waals surface area (Å²) >= 11 is 0. The molecule has 0 amide bonds. The van der Waals surface area contributed by atoms with Crippen LogP contribution in [0.25, 0.3) is 0 Å². The fourth-order valence-corrected chi connectivity index (χ4v) is 2.55. The number of rotatable bonds is 0. The highest BCUT2D eigenvalue weighted by molar-refractivity contribution is 5.20. The van der Waals surface area contributed by atoms with Gasteiger partial charge in [0.1, 0.15) is 0 Å². The van der Waals surface area contributed by atoms with Crippen LogP contribution in [0.3, 0.4) is 0 Å². The van der Waals surface area contributed by atoms with Crippen LogP contribution in [-0.4, -0.2) is 15.0 Å². The third-order valence-electron chi connectivity index (χ3n) is 3.25. The second-order valence-corrected chi connectivity index (χ2v) is 4.95. The predicted molar refractivity (Wildman–Crippen MR) is 56.2 cm³/mol. The Morgan fingerprint density at radius 1 is 1.21 bits per heavy atom. The minimum Gasteiger partial charge on any atom is -0.252 e. The molecule has 0 fully saturated rings. The van der Waals surface area contributed by atoms with Crippen molar-refractivity contribution in [3.8, 4) is 0 Å². The van der Waals surface area contributed by atoms with Gasteiger partial charge in [-0.1, -0.05) is 31.9 Å². The molecule has 0 aliphatic heterocycles. The molecule has 0 spiro atoms. The second-order valence-electron chi connectivity index (χ2n) is 4.95. The van der Waals surface area contributed by atoms with Crippen molar-refractivity contribution >= 4 is 0 Å². The zero-order valence-corrected chi connectivity index (χ0v) is 9.38. The van der Waals surface area contributed by atoms with Crippen molar-refractivity contribution in [3.05, 3.63) is 11.4 Å². The van der Waals surface area contributed by atoms with Crippen LogP contribution in [0.4, 0.5) is 0 Å². The van der Waals surface area contributed by atoms with Gasteiger partial charge in [0.05, 0.1) is 11.4 Å². The molecule has 0 aromatic carbocycles. The van der Waals surface area contributed by atoms with Crippen LogP contribution in [0.1, 0.15) is 50.9 Å². The lowest BCUT2D eigenvalue weighted by atomic mass is 9.80. The molecule has 1 heterocycles. The van der Waals surface area contributed by atoms with Crippen molar-refractivity contribution in [1.29, 1.82) is 0 Å². The van der Waals surface area contributed by atoms with Crippen molar-refractivity contribution in [1.82, 2.24) is 15.0 Å². The normalized spacial score (nSPS) is 21.1. The Hall–Kier alpha value is -0.860. The van der Waals surface area contributed by atoms with Gasteiger partial charge in [-0.2, -0.15) is 0 Å². The van der Waals surface area contributed by atoms with Crippen molar-refractivity contribution in [2.45, 2.75) is 51.4 Å². The van der Waals surface area contributed by atoms with E-state index in [9.17, 15) is 0 Å². The first-order valence-electron chi connectivity index (χ1n) is 5.50. The van der Waals surface area contributed by atoms with E-state index in [1.807, 2.05) is 11.7 Å². The van der Waals surface area contributed by atoms with Gasteiger partial charge in [0.2, 0.25) is 0 Å². The highest BCUT2D eigenvalue weighted by Gasteiger charge is 2.29. The van der Waals surface area contributed by atoms with E-state index >= 15 is 0 Å². The van der Waals surface area contributed by atoms with E-state index in [0.717, 1.165) is 6.42 Å². The smallest absolute Gasteiger partial charge is 0.0864 e. The number of aromatic nitrogens is 3. The maximum Gasteiger partial charge on any atom is 0.0864 e. The third kappa shape index (κ3) is 1.56. The van der Waals surface area contributed by atoms with Gasteiger partial charge in [0.15, 0.2) is 0 Å². The zero-order valence-electron chi connectivity index (χ0n) is 9.38. The highest BCUT2D eigenvalue weighted by atomic mass is 15.4. The first-order valence-corrected chi connectivity index (χ1v) is 5.50. The van der Waals surface area contributed by atoms with Gasteiger partial charge in [0, 0.05) is 12.5 Å². The number of fused-ring (bicyclic) bond motifs is 1. The number of nitrogens with zero attached hydrogens (tertiary/aromatic N) is 3. The van der Waals surface area contributed by atoms with Crippen LogP contribution >= 0.6 is 0 Å². The topological polar surface area (TPSA) is 30.7 Å². The minimum atomic E-state index is 0.244. The number of hydrogen-bond donors (Lipinski definition) is 0. The highest BCUT2D eigenvalue weighted by Crippen LogP contribution is 2.33. The predicted octanol–water partition coefficient (Wildman–Crippen LogP) is 2.21. The molecule has 3 nitrogen and oxygen atoms in total. The maximum atomic E-state index is 4.27. The van der Waals surface area contributed by atoms with E-state index < -0.39 is 0 Å². The lowest BCUT2D eigenvalue weighted by molar-refractivity contribution is 0.403. The van der Waals surface area contributed by atoms with E-state index in [-0.39, 0.29) is 5.41 Å². The molecule has 3 heteroatoms. The Morgan fingerprint density at radius 2 is 2.00 bits per heavy atom. The second kappa shape index (κ2) is 3.37. The lowest BCUT2D eigenvalue weighted by Gasteiger charge is -2.27. The molecule has 0 saturated heterocycles. The Labute approximate surface area is 85.5 Å². The lowest BCUT2D eigenvalue weighted by Crippen LogP contribution is -2.24. The fraction of sp³-hybridized carbons (Fsp3) is 0.818. The summed E-state index contributed by atoms with van der Waals surface area (Å²) in [6, 6.07) is 0. The molecule has 1 aromatic rings. The van der Waals surface area contributed by atoms with E-state index in [4.69, 9.17) is 0 Å². The van der Waals surface area contributed by atoms with Gasteiger partial charge in [-0.05, 0) is 19.3 Å². The quantitative estimate of drug-likeness (QED) is 0.632. The fourth-order valence-electron chi connectivity index (χ4n) is 2.55. The molecule has 2 rings (SSSR count). The van der Waals surface area contributed by atoms with Gasteiger partial charge in [0.25, 0.3) is 0 Å². The largest absolute Gasteiger partial charge is 0.252 e. The third-order valence-corrected chi connectivity index (χ3v) is 3.25. The first-order chi connectivity index (χ1) is 6.61. The summed E-state index contributed by atoms with van der Waals surface area (Å²) in [6.07, 6.45) is 6.28. The molecule has 0 N–H and O–H groups in total. The monoisotopic (exact) mass is 193 g/mol. The summed E-state index contributed by atoms with van der Waals surface area (Å²) in [6.45, 7) is 4.61. The van der Waals surface area contributed by atoms with Crippen LogP contribution in [0.15, 0.2) is 0 Å². The van der Waals surface area contributed by atoms with Crippen molar-refractivity contribution in [2.75, 3.05) is 0 Å². The Kier molecular flexibility index (Phi) is 2.33. The van der Waals surface area contributed by atoms with Crippen LogP contribution in [0, 0.1) is 0 Å². The molecular formula is C11H19N3. The van der Waals surface area contributed by atoms with E-state index in [2.05, 4.69) is 24.2 Å². The van der Waals surface area contributed by atoms with Crippen LogP contribution in [0.2, 0.25) is 0 Å². The molecule has 1 aliphatic carbocycles. The molecule has 0 atom stereocenters. The molecule has 14 heavy (non-hydrogen) atoms. The van der Waals surface area contributed by atoms with Crippen LogP contribution < -0.4 is 0 Å². The van der Waals surface area contributed by atoms with E-state index in [0.29, 0.717) is 0 Å². The Morgan fingerprint density at radius 3 is 2.79 bits per heavy atom. The van der Waals surface area contributed by atoms with Crippen molar-refractivity contribution in [3.63, 3.8) is 0 Å². The first kappa shape index (κ1) is 9.69. The Balaban J connectivity index is 2.45. The minimum absolute atomic E-state index is 0.244.